The highest BCUT2D eigenvalue weighted by Gasteiger charge is 2.34. The van der Waals surface area contributed by atoms with E-state index >= 15 is 0 Å². The van der Waals surface area contributed by atoms with Crippen molar-refractivity contribution in [3.63, 3.8) is 0 Å². The SMILES string of the molecule is Cn1cc(N2CC[C@H](NC(=O)Cc3cccc(F)c3)C2=O)cn1. The van der Waals surface area contributed by atoms with Crippen LogP contribution in [-0.4, -0.2) is 34.2 Å². The summed E-state index contributed by atoms with van der Waals surface area (Å²) in [7, 11) is 1.78. The summed E-state index contributed by atoms with van der Waals surface area (Å²) >= 11 is 0. The molecule has 1 aromatic carbocycles. The lowest BCUT2D eigenvalue weighted by Crippen LogP contribution is -2.42. The second-order valence-corrected chi connectivity index (χ2v) is 5.58. The second-order valence-electron chi connectivity index (χ2n) is 5.58. The number of amides is 2. The number of nitrogens with zero attached hydrogens (tertiary/aromatic N) is 3. The third-order valence-electron chi connectivity index (χ3n) is 3.80. The monoisotopic (exact) mass is 316 g/mol. The Bertz CT molecular complexity index is 743. The topological polar surface area (TPSA) is 67.2 Å². The van der Waals surface area contributed by atoms with E-state index in [-0.39, 0.29) is 24.1 Å². The minimum absolute atomic E-state index is 0.0500. The quantitative estimate of drug-likeness (QED) is 0.916. The summed E-state index contributed by atoms with van der Waals surface area (Å²) in [4.78, 5) is 26.0. The molecule has 0 aliphatic carbocycles. The molecule has 3 rings (SSSR count). The Hall–Kier alpha value is -2.70. The van der Waals surface area contributed by atoms with Gasteiger partial charge in [0, 0.05) is 19.8 Å². The highest BCUT2D eigenvalue weighted by atomic mass is 19.1. The summed E-state index contributed by atoms with van der Waals surface area (Å²) in [5, 5.41) is 6.77. The second kappa shape index (κ2) is 6.20. The van der Waals surface area contributed by atoms with Gasteiger partial charge in [0.05, 0.1) is 18.3 Å². The van der Waals surface area contributed by atoms with Crippen LogP contribution in [0.4, 0.5) is 10.1 Å². The third-order valence-corrected chi connectivity index (χ3v) is 3.80. The predicted molar refractivity (Wildman–Crippen MR) is 82.2 cm³/mol. The first-order valence-corrected chi connectivity index (χ1v) is 7.37. The van der Waals surface area contributed by atoms with E-state index in [1.165, 1.54) is 12.1 Å². The molecule has 1 aromatic heterocycles. The Balaban J connectivity index is 1.60. The van der Waals surface area contributed by atoms with Gasteiger partial charge in [-0.2, -0.15) is 5.10 Å². The summed E-state index contributed by atoms with van der Waals surface area (Å²) in [6, 6.07) is 5.34. The van der Waals surface area contributed by atoms with E-state index in [4.69, 9.17) is 0 Å². The number of carbonyl (C=O) groups is 2. The van der Waals surface area contributed by atoms with Crippen LogP contribution in [0.3, 0.4) is 0 Å². The Morgan fingerprint density at radius 3 is 3.00 bits per heavy atom. The van der Waals surface area contributed by atoms with Gasteiger partial charge in [0.25, 0.3) is 0 Å². The number of anilines is 1. The number of benzene rings is 1. The van der Waals surface area contributed by atoms with Crippen LogP contribution in [0, 0.1) is 5.82 Å². The molecule has 1 aliphatic rings. The van der Waals surface area contributed by atoms with Gasteiger partial charge < -0.3 is 10.2 Å². The van der Waals surface area contributed by atoms with Gasteiger partial charge in [0.1, 0.15) is 11.9 Å². The molecule has 0 radical (unpaired) electrons. The van der Waals surface area contributed by atoms with Crippen LogP contribution in [0.5, 0.6) is 0 Å². The van der Waals surface area contributed by atoms with E-state index < -0.39 is 6.04 Å². The van der Waals surface area contributed by atoms with Crippen LogP contribution in [0.25, 0.3) is 0 Å². The molecule has 1 saturated heterocycles. The maximum absolute atomic E-state index is 13.1. The van der Waals surface area contributed by atoms with Crippen molar-refractivity contribution in [2.75, 3.05) is 11.4 Å². The van der Waals surface area contributed by atoms with Gasteiger partial charge in [-0.05, 0) is 24.1 Å². The standard InChI is InChI=1S/C16H17FN4O2/c1-20-10-13(9-18-20)21-6-5-14(16(21)23)19-15(22)8-11-3-2-4-12(17)7-11/h2-4,7,9-10,14H,5-6,8H2,1H3,(H,19,22)/t14-/m0/s1. The number of rotatable bonds is 4. The first kappa shape index (κ1) is 15.2. The molecule has 120 valence electrons. The van der Waals surface area contributed by atoms with Gasteiger partial charge >= 0.3 is 0 Å². The van der Waals surface area contributed by atoms with Crippen LogP contribution in [0.1, 0.15) is 12.0 Å². The average Bonchev–Trinajstić information content (AvgIpc) is 3.06. The van der Waals surface area contributed by atoms with Crippen LogP contribution in [0.2, 0.25) is 0 Å². The van der Waals surface area contributed by atoms with E-state index in [2.05, 4.69) is 10.4 Å². The van der Waals surface area contributed by atoms with Crippen molar-refractivity contribution >= 4 is 17.5 Å². The molecule has 23 heavy (non-hydrogen) atoms. The van der Waals surface area contributed by atoms with Crippen LogP contribution < -0.4 is 10.2 Å². The maximum atomic E-state index is 13.1. The van der Waals surface area contributed by atoms with Crippen molar-refractivity contribution in [1.82, 2.24) is 15.1 Å². The van der Waals surface area contributed by atoms with Gasteiger partial charge in [0.2, 0.25) is 11.8 Å². The number of aromatic nitrogens is 2. The molecule has 7 heteroatoms. The fraction of sp³-hybridized carbons (Fsp3) is 0.312. The van der Waals surface area contributed by atoms with E-state index in [1.807, 2.05) is 0 Å². The largest absolute Gasteiger partial charge is 0.344 e. The minimum Gasteiger partial charge on any atom is -0.344 e. The fourth-order valence-corrected chi connectivity index (χ4v) is 2.70. The van der Waals surface area contributed by atoms with Crippen molar-refractivity contribution in [3.05, 3.63) is 48.0 Å². The Morgan fingerprint density at radius 1 is 1.48 bits per heavy atom. The van der Waals surface area contributed by atoms with Crippen molar-refractivity contribution in [2.24, 2.45) is 7.05 Å². The average molecular weight is 316 g/mol. The number of hydrogen-bond acceptors (Lipinski definition) is 3. The van der Waals surface area contributed by atoms with E-state index in [9.17, 15) is 14.0 Å². The van der Waals surface area contributed by atoms with E-state index in [1.54, 1.807) is 41.2 Å². The lowest BCUT2D eigenvalue weighted by molar-refractivity contribution is -0.126. The molecule has 0 bridgehead atoms. The summed E-state index contributed by atoms with van der Waals surface area (Å²) in [6.07, 6.45) is 3.97. The molecule has 1 N–H and O–H groups in total. The van der Waals surface area contributed by atoms with Gasteiger partial charge in [-0.3, -0.25) is 14.3 Å². The number of carbonyl (C=O) groups excluding carboxylic acids is 2. The van der Waals surface area contributed by atoms with Crippen molar-refractivity contribution < 1.29 is 14.0 Å². The fourth-order valence-electron chi connectivity index (χ4n) is 2.70. The van der Waals surface area contributed by atoms with Gasteiger partial charge in [0.15, 0.2) is 0 Å². The number of hydrogen-bond donors (Lipinski definition) is 1. The Labute approximate surface area is 132 Å². The first-order chi connectivity index (χ1) is 11.0. The Morgan fingerprint density at radius 2 is 2.30 bits per heavy atom. The summed E-state index contributed by atoms with van der Waals surface area (Å²) < 4.78 is 14.7. The van der Waals surface area contributed by atoms with Crippen molar-refractivity contribution in [3.8, 4) is 0 Å². The molecule has 0 spiro atoms. The molecule has 2 heterocycles. The number of halogens is 1. The zero-order chi connectivity index (χ0) is 16.4. The molecule has 1 aliphatic heterocycles. The summed E-state index contributed by atoms with van der Waals surface area (Å²) in [6.45, 7) is 0.537. The van der Waals surface area contributed by atoms with Gasteiger partial charge in [-0.25, -0.2) is 4.39 Å². The molecule has 1 fully saturated rings. The molecule has 2 amide bonds. The maximum Gasteiger partial charge on any atom is 0.249 e. The molecule has 2 aromatic rings. The van der Waals surface area contributed by atoms with E-state index in [0.29, 0.717) is 18.5 Å². The molecular weight excluding hydrogens is 299 g/mol. The zero-order valence-corrected chi connectivity index (χ0v) is 12.7. The normalized spacial score (nSPS) is 17.6. The first-order valence-electron chi connectivity index (χ1n) is 7.37. The molecule has 6 nitrogen and oxygen atoms in total. The van der Waals surface area contributed by atoms with Gasteiger partial charge in [-0.15, -0.1) is 0 Å². The lowest BCUT2D eigenvalue weighted by atomic mass is 10.1. The summed E-state index contributed by atoms with van der Waals surface area (Å²) in [5.41, 5.74) is 1.30. The predicted octanol–water partition coefficient (Wildman–Crippen LogP) is 1.02. The smallest absolute Gasteiger partial charge is 0.249 e. The molecule has 1 atom stereocenters. The lowest BCUT2D eigenvalue weighted by Gasteiger charge is -2.15. The minimum atomic E-state index is -0.545. The van der Waals surface area contributed by atoms with Gasteiger partial charge in [-0.1, -0.05) is 12.1 Å². The highest BCUT2D eigenvalue weighted by Crippen LogP contribution is 2.20. The van der Waals surface area contributed by atoms with Crippen molar-refractivity contribution in [2.45, 2.75) is 18.9 Å². The molecule has 0 saturated carbocycles. The number of nitrogens with one attached hydrogen (secondary N) is 1. The summed E-state index contributed by atoms with van der Waals surface area (Å²) in [5.74, 6) is -0.817. The van der Waals surface area contributed by atoms with Crippen molar-refractivity contribution in [1.29, 1.82) is 0 Å². The Kier molecular flexibility index (Phi) is 4.10. The van der Waals surface area contributed by atoms with Crippen LogP contribution in [-0.2, 0) is 23.1 Å². The zero-order valence-electron chi connectivity index (χ0n) is 12.7. The highest BCUT2D eigenvalue weighted by molar-refractivity contribution is 6.01. The number of aryl methyl sites for hydroxylation is 1. The molecular formula is C16H17FN4O2. The third kappa shape index (κ3) is 3.39. The molecule has 0 unspecified atom stereocenters. The van der Waals surface area contributed by atoms with Crippen LogP contribution >= 0.6 is 0 Å². The van der Waals surface area contributed by atoms with E-state index in [0.717, 1.165) is 5.69 Å². The van der Waals surface area contributed by atoms with Crippen LogP contribution in [0.15, 0.2) is 36.7 Å².